The number of carbonyl (C=O) groups excluding carboxylic acids is 2. The zero-order valence-corrected chi connectivity index (χ0v) is 15.5. The highest BCUT2D eigenvalue weighted by Gasteiger charge is 2.28. The Morgan fingerprint density at radius 1 is 1.44 bits per heavy atom. The molecule has 0 aromatic carbocycles. The molecule has 0 saturated heterocycles. The molecule has 1 aromatic heterocycles. The molecule has 0 saturated carbocycles. The van der Waals surface area contributed by atoms with Gasteiger partial charge in [-0.3, -0.25) is 14.5 Å². The lowest BCUT2D eigenvalue weighted by Gasteiger charge is -2.21. The maximum Gasteiger partial charge on any atom is 0.269 e. The molecule has 140 valence electrons. The van der Waals surface area contributed by atoms with Gasteiger partial charge in [-0.25, -0.2) is 4.98 Å². The smallest absolute Gasteiger partial charge is 0.269 e. The van der Waals surface area contributed by atoms with Crippen molar-refractivity contribution in [2.45, 2.75) is 38.8 Å². The lowest BCUT2D eigenvalue weighted by atomic mass is 10.2. The lowest BCUT2D eigenvalue weighted by molar-refractivity contribution is -0.122. The topological polar surface area (TPSA) is 88.5 Å². The van der Waals surface area contributed by atoms with Crippen LogP contribution >= 0.6 is 0 Å². The second-order valence-corrected chi connectivity index (χ2v) is 6.68. The predicted octanol–water partition coefficient (Wildman–Crippen LogP) is 0.203. The molecule has 1 atom stereocenters. The summed E-state index contributed by atoms with van der Waals surface area (Å²) >= 11 is 0. The zero-order chi connectivity index (χ0) is 18.4. The van der Waals surface area contributed by atoms with Crippen molar-refractivity contribution in [3.05, 3.63) is 17.7 Å². The number of nitrogens with one attached hydrogen (secondary N) is 2. The van der Waals surface area contributed by atoms with Crippen LogP contribution in [-0.4, -0.2) is 72.7 Å². The first-order chi connectivity index (χ1) is 11.9. The predicted molar refractivity (Wildman–Crippen MR) is 94.6 cm³/mol. The Bertz CT molecular complexity index is 599. The molecule has 0 radical (unpaired) electrons. The van der Waals surface area contributed by atoms with Crippen LogP contribution in [0.5, 0.6) is 0 Å². The summed E-state index contributed by atoms with van der Waals surface area (Å²) in [4.78, 5) is 30.7. The molecular weight excluding hydrogens is 322 g/mol. The molecule has 1 aliphatic rings. The molecule has 8 heteroatoms. The number of carbonyl (C=O) groups is 2. The second-order valence-electron chi connectivity index (χ2n) is 6.68. The third-order valence-corrected chi connectivity index (χ3v) is 4.57. The molecule has 2 rings (SSSR count). The summed E-state index contributed by atoms with van der Waals surface area (Å²) < 4.78 is 6.90. The van der Waals surface area contributed by atoms with Crippen LogP contribution in [0.15, 0.2) is 6.20 Å². The van der Waals surface area contributed by atoms with Crippen molar-refractivity contribution >= 4 is 11.8 Å². The van der Waals surface area contributed by atoms with Crippen LogP contribution in [0.25, 0.3) is 0 Å². The Morgan fingerprint density at radius 2 is 2.20 bits per heavy atom. The molecule has 0 fully saturated rings. The van der Waals surface area contributed by atoms with Crippen LogP contribution in [-0.2, 0) is 16.0 Å². The number of imidazole rings is 1. The molecular formula is C17H29N5O3. The van der Waals surface area contributed by atoms with Gasteiger partial charge in [0.05, 0.1) is 25.4 Å². The van der Waals surface area contributed by atoms with Gasteiger partial charge in [-0.15, -0.1) is 0 Å². The van der Waals surface area contributed by atoms with E-state index >= 15 is 0 Å². The van der Waals surface area contributed by atoms with E-state index in [4.69, 9.17) is 4.74 Å². The second kappa shape index (κ2) is 8.96. The zero-order valence-electron chi connectivity index (χ0n) is 15.5. The molecule has 1 unspecified atom stereocenters. The van der Waals surface area contributed by atoms with Crippen LogP contribution in [0.4, 0.5) is 0 Å². The van der Waals surface area contributed by atoms with Crippen molar-refractivity contribution in [1.29, 1.82) is 0 Å². The molecule has 2 heterocycles. The minimum absolute atomic E-state index is 0.00383. The summed E-state index contributed by atoms with van der Waals surface area (Å²) in [6.07, 6.45) is 3.30. The summed E-state index contributed by atoms with van der Waals surface area (Å²) in [5, 5.41) is 5.80. The van der Waals surface area contributed by atoms with E-state index in [0.717, 1.165) is 18.7 Å². The van der Waals surface area contributed by atoms with Gasteiger partial charge in [0.2, 0.25) is 5.91 Å². The number of nitrogens with zero attached hydrogens (tertiary/aromatic N) is 3. The van der Waals surface area contributed by atoms with Gasteiger partial charge in [0.15, 0.2) is 0 Å². The maximum absolute atomic E-state index is 12.3. The number of hydrogen-bond donors (Lipinski definition) is 2. The number of methoxy groups -OCH3 is 1. The van der Waals surface area contributed by atoms with Crippen molar-refractivity contribution in [1.82, 2.24) is 25.1 Å². The molecule has 8 nitrogen and oxygen atoms in total. The molecule has 2 amide bonds. The number of aromatic nitrogens is 2. The number of likely N-dealkylation sites (N-methyl/N-ethyl adjacent to an activating group) is 1. The number of aryl methyl sites for hydroxylation is 1. The average molecular weight is 351 g/mol. The number of ether oxygens (including phenoxy) is 1. The highest BCUT2D eigenvalue weighted by Crippen LogP contribution is 2.26. The van der Waals surface area contributed by atoms with Crippen molar-refractivity contribution in [3.63, 3.8) is 0 Å². The Hall–Kier alpha value is -1.93. The first-order valence-corrected chi connectivity index (χ1v) is 8.74. The fourth-order valence-corrected chi connectivity index (χ4v) is 2.83. The van der Waals surface area contributed by atoms with Gasteiger partial charge in [0.1, 0.15) is 11.5 Å². The third kappa shape index (κ3) is 5.02. The number of hydrogen-bond acceptors (Lipinski definition) is 5. The van der Waals surface area contributed by atoms with Gasteiger partial charge in [-0.05, 0) is 27.3 Å². The monoisotopic (exact) mass is 351 g/mol. The normalized spacial score (nSPS) is 16.3. The van der Waals surface area contributed by atoms with Gasteiger partial charge in [-0.1, -0.05) is 0 Å². The van der Waals surface area contributed by atoms with E-state index in [0.29, 0.717) is 38.0 Å². The first-order valence-electron chi connectivity index (χ1n) is 8.74. The van der Waals surface area contributed by atoms with Gasteiger partial charge in [0, 0.05) is 32.7 Å². The molecule has 0 bridgehead atoms. The average Bonchev–Trinajstić information content (AvgIpc) is 3.15. The van der Waals surface area contributed by atoms with E-state index < -0.39 is 0 Å². The van der Waals surface area contributed by atoms with Gasteiger partial charge in [0.25, 0.3) is 5.91 Å². The number of amides is 2. The summed E-state index contributed by atoms with van der Waals surface area (Å²) in [6.45, 7) is 5.90. The van der Waals surface area contributed by atoms with Crippen LogP contribution in [0, 0.1) is 0 Å². The van der Waals surface area contributed by atoms with E-state index in [2.05, 4.69) is 29.5 Å². The van der Waals surface area contributed by atoms with Crippen molar-refractivity contribution in [2.75, 3.05) is 40.4 Å². The van der Waals surface area contributed by atoms with Crippen LogP contribution in [0.3, 0.4) is 0 Å². The Labute approximate surface area is 148 Å². The van der Waals surface area contributed by atoms with E-state index in [1.54, 1.807) is 13.3 Å². The number of rotatable bonds is 9. The number of fused-ring (bicyclic) bond motifs is 1. The molecule has 2 N–H and O–H groups in total. The Kier molecular flexibility index (Phi) is 6.95. The van der Waals surface area contributed by atoms with Crippen molar-refractivity contribution < 1.29 is 14.3 Å². The Balaban J connectivity index is 1.93. The minimum atomic E-state index is -0.159. The van der Waals surface area contributed by atoms with Crippen LogP contribution in [0.2, 0.25) is 0 Å². The molecule has 1 aromatic rings. The highest BCUT2D eigenvalue weighted by atomic mass is 16.5. The molecule has 0 spiro atoms. The maximum atomic E-state index is 12.3. The fourth-order valence-electron chi connectivity index (χ4n) is 2.83. The van der Waals surface area contributed by atoms with E-state index in [9.17, 15) is 9.59 Å². The highest BCUT2D eigenvalue weighted by molar-refractivity contribution is 5.92. The van der Waals surface area contributed by atoms with Gasteiger partial charge in [-0.2, -0.15) is 0 Å². The fraction of sp³-hybridized carbons (Fsp3) is 0.706. The van der Waals surface area contributed by atoms with Gasteiger partial charge >= 0.3 is 0 Å². The van der Waals surface area contributed by atoms with Crippen molar-refractivity contribution in [3.8, 4) is 0 Å². The van der Waals surface area contributed by atoms with Gasteiger partial charge < -0.3 is 19.9 Å². The minimum Gasteiger partial charge on any atom is -0.383 e. The van der Waals surface area contributed by atoms with E-state index in [1.165, 1.54) is 0 Å². The van der Waals surface area contributed by atoms with Crippen LogP contribution in [0.1, 0.15) is 42.6 Å². The molecule has 0 aliphatic carbocycles. The summed E-state index contributed by atoms with van der Waals surface area (Å²) in [6, 6.07) is 0.383. The summed E-state index contributed by atoms with van der Waals surface area (Å²) in [5.41, 5.74) is 0.544. The van der Waals surface area contributed by atoms with E-state index in [-0.39, 0.29) is 17.9 Å². The van der Waals surface area contributed by atoms with E-state index in [1.807, 2.05) is 16.5 Å². The summed E-state index contributed by atoms with van der Waals surface area (Å²) in [5.74, 6) is 0.736. The van der Waals surface area contributed by atoms with Crippen molar-refractivity contribution in [2.24, 2.45) is 0 Å². The first kappa shape index (κ1) is 19.4. The summed E-state index contributed by atoms with van der Waals surface area (Å²) in [7, 11) is 3.52. The van der Waals surface area contributed by atoms with Crippen LogP contribution < -0.4 is 10.6 Å². The Morgan fingerprint density at radius 3 is 2.88 bits per heavy atom. The quantitative estimate of drug-likeness (QED) is 0.621. The largest absolute Gasteiger partial charge is 0.383 e. The lowest BCUT2D eigenvalue weighted by Crippen LogP contribution is -2.40. The SMILES string of the molecule is COCCNC(=O)c1cnc2n1C(CNC(=O)CN(C)C(C)C)CC2. The third-order valence-electron chi connectivity index (χ3n) is 4.57. The molecule has 25 heavy (non-hydrogen) atoms. The standard InChI is InChI=1S/C17H29N5O3/c1-12(2)21(3)11-16(23)20-9-13-5-6-15-19-10-14(22(13)15)17(24)18-7-8-25-4/h10,12-13H,5-9,11H2,1-4H3,(H,18,24)(H,20,23). The molecule has 1 aliphatic heterocycles.